The second kappa shape index (κ2) is 4.41. The van der Waals surface area contributed by atoms with Crippen LogP contribution in [-0.4, -0.2) is 45.8 Å². The largest absolute Gasteiger partial charge is 0.358 e. The van der Waals surface area contributed by atoms with Gasteiger partial charge in [0, 0.05) is 25.7 Å². The minimum Gasteiger partial charge on any atom is -0.358 e. The molecule has 1 fully saturated rings. The zero-order chi connectivity index (χ0) is 12.5. The summed E-state index contributed by atoms with van der Waals surface area (Å²) >= 11 is 0. The highest BCUT2D eigenvalue weighted by Crippen LogP contribution is 2.13. The van der Waals surface area contributed by atoms with Crippen molar-refractivity contribution in [1.82, 2.24) is 24.9 Å². The predicted molar refractivity (Wildman–Crippen MR) is 67.9 cm³/mol. The van der Waals surface area contributed by atoms with Crippen LogP contribution in [0, 0.1) is 0 Å². The zero-order valence-corrected chi connectivity index (χ0v) is 10.3. The first-order valence-corrected chi connectivity index (χ1v) is 6.11. The SMILES string of the molecule is CN(CC1CCCN1)c1cc2n[nH]c(=O)n2cn1. The number of nitrogens with zero attached hydrogens (tertiary/aromatic N) is 4. The normalized spacial score (nSPS) is 19.5. The number of anilines is 1. The van der Waals surface area contributed by atoms with Gasteiger partial charge < -0.3 is 10.2 Å². The summed E-state index contributed by atoms with van der Waals surface area (Å²) in [6.07, 6.45) is 3.95. The summed E-state index contributed by atoms with van der Waals surface area (Å²) in [7, 11) is 2.00. The van der Waals surface area contributed by atoms with E-state index in [9.17, 15) is 4.79 Å². The summed E-state index contributed by atoms with van der Waals surface area (Å²) in [5.74, 6) is 0.829. The number of aromatic amines is 1. The van der Waals surface area contributed by atoms with Crippen molar-refractivity contribution >= 4 is 11.5 Å². The number of fused-ring (bicyclic) bond motifs is 1. The van der Waals surface area contributed by atoms with Crippen molar-refractivity contribution in [3.8, 4) is 0 Å². The maximum Gasteiger partial charge on any atom is 0.348 e. The lowest BCUT2D eigenvalue weighted by atomic mass is 10.2. The molecule has 1 aliphatic rings. The van der Waals surface area contributed by atoms with Crippen LogP contribution in [0.4, 0.5) is 5.82 Å². The van der Waals surface area contributed by atoms with E-state index in [2.05, 4.69) is 25.4 Å². The Balaban J connectivity index is 1.82. The molecule has 2 N–H and O–H groups in total. The van der Waals surface area contributed by atoms with Crippen molar-refractivity contribution in [1.29, 1.82) is 0 Å². The summed E-state index contributed by atoms with van der Waals surface area (Å²) in [5, 5.41) is 9.79. The Morgan fingerprint density at radius 3 is 3.28 bits per heavy atom. The minimum atomic E-state index is -0.260. The summed E-state index contributed by atoms with van der Waals surface area (Å²) < 4.78 is 1.39. The first kappa shape index (κ1) is 11.2. The number of rotatable bonds is 3. The lowest BCUT2D eigenvalue weighted by Crippen LogP contribution is -2.35. The number of likely N-dealkylation sites (N-methyl/N-ethyl adjacent to an activating group) is 1. The molecule has 7 nitrogen and oxygen atoms in total. The van der Waals surface area contributed by atoms with Gasteiger partial charge in [-0.15, -0.1) is 0 Å². The Bertz CT molecular complexity index is 597. The topological polar surface area (TPSA) is 78.3 Å². The molecule has 2 aromatic heterocycles. The van der Waals surface area contributed by atoms with Gasteiger partial charge in [0.2, 0.25) is 0 Å². The van der Waals surface area contributed by atoms with E-state index < -0.39 is 0 Å². The standard InChI is InChI=1S/C11H16N6O/c1-16(6-8-3-2-4-12-8)9-5-10-14-15-11(18)17(10)7-13-9/h5,7-8,12H,2-4,6H2,1H3,(H,15,18). The van der Waals surface area contributed by atoms with Crippen LogP contribution in [0.1, 0.15) is 12.8 Å². The number of nitrogens with one attached hydrogen (secondary N) is 2. The molecule has 3 heterocycles. The Morgan fingerprint density at radius 1 is 1.61 bits per heavy atom. The maximum atomic E-state index is 11.3. The average Bonchev–Trinajstić information content (AvgIpc) is 2.99. The molecule has 1 aliphatic heterocycles. The predicted octanol–water partition coefficient (Wildman–Crippen LogP) is -0.394. The smallest absolute Gasteiger partial charge is 0.348 e. The molecular formula is C11H16N6O. The van der Waals surface area contributed by atoms with Gasteiger partial charge in [-0.1, -0.05) is 0 Å². The lowest BCUT2D eigenvalue weighted by Gasteiger charge is -2.22. The first-order valence-electron chi connectivity index (χ1n) is 6.11. The molecule has 0 aromatic carbocycles. The van der Waals surface area contributed by atoms with Gasteiger partial charge >= 0.3 is 5.69 Å². The molecule has 0 saturated carbocycles. The molecule has 7 heteroatoms. The fourth-order valence-corrected chi connectivity index (χ4v) is 2.35. The van der Waals surface area contributed by atoms with E-state index in [-0.39, 0.29) is 5.69 Å². The van der Waals surface area contributed by atoms with E-state index in [1.807, 2.05) is 13.1 Å². The number of aromatic nitrogens is 4. The van der Waals surface area contributed by atoms with E-state index in [0.29, 0.717) is 11.7 Å². The van der Waals surface area contributed by atoms with Crippen LogP contribution in [0.2, 0.25) is 0 Å². The van der Waals surface area contributed by atoms with E-state index in [0.717, 1.165) is 18.9 Å². The van der Waals surface area contributed by atoms with Crippen LogP contribution in [0.25, 0.3) is 5.65 Å². The molecule has 1 unspecified atom stereocenters. The van der Waals surface area contributed by atoms with E-state index in [1.165, 1.54) is 23.6 Å². The highest BCUT2D eigenvalue weighted by Gasteiger charge is 2.17. The molecular weight excluding hydrogens is 232 g/mol. The van der Waals surface area contributed by atoms with Gasteiger partial charge in [-0.25, -0.2) is 19.3 Å². The molecule has 3 rings (SSSR count). The van der Waals surface area contributed by atoms with Crippen molar-refractivity contribution in [3.05, 3.63) is 22.9 Å². The second-order valence-electron chi connectivity index (χ2n) is 4.68. The van der Waals surface area contributed by atoms with E-state index >= 15 is 0 Å². The fraction of sp³-hybridized carbons (Fsp3) is 0.545. The van der Waals surface area contributed by atoms with Crippen molar-refractivity contribution in [3.63, 3.8) is 0 Å². The Labute approximate surface area is 104 Å². The molecule has 0 radical (unpaired) electrons. The van der Waals surface area contributed by atoms with Crippen LogP contribution < -0.4 is 15.9 Å². The molecule has 0 aliphatic carbocycles. The third-order valence-electron chi connectivity index (χ3n) is 3.34. The maximum absolute atomic E-state index is 11.3. The molecule has 0 amide bonds. The van der Waals surface area contributed by atoms with Gasteiger partial charge in [0.05, 0.1) is 0 Å². The van der Waals surface area contributed by atoms with Gasteiger partial charge in [-0.2, -0.15) is 5.10 Å². The number of hydrogen-bond donors (Lipinski definition) is 2. The summed E-state index contributed by atoms with van der Waals surface area (Å²) in [4.78, 5) is 17.7. The lowest BCUT2D eigenvalue weighted by molar-refractivity contribution is 0.597. The minimum absolute atomic E-state index is 0.260. The van der Waals surface area contributed by atoms with Gasteiger partial charge in [0.25, 0.3) is 0 Å². The molecule has 18 heavy (non-hydrogen) atoms. The first-order chi connectivity index (χ1) is 8.74. The van der Waals surface area contributed by atoms with Crippen LogP contribution in [0.3, 0.4) is 0 Å². The molecule has 0 spiro atoms. The average molecular weight is 248 g/mol. The van der Waals surface area contributed by atoms with E-state index in [4.69, 9.17) is 0 Å². The van der Waals surface area contributed by atoms with Crippen LogP contribution in [-0.2, 0) is 0 Å². The number of H-pyrrole nitrogens is 1. The highest BCUT2D eigenvalue weighted by atomic mass is 16.1. The highest BCUT2D eigenvalue weighted by molar-refractivity contribution is 5.49. The molecule has 0 bridgehead atoms. The Kier molecular flexibility index (Phi) is 2.75. The summed E-state index contributed by atoms with van der Waals surface area (Å²) in [5.41, 5.74) is 0.334. The van der Waals surface area contributed by atoms with Gasteiger partial charge in [-0.3, -0.25) is 0 Å². The van der Waals surface area contributed by atoms with Gasteiger partial charge in [0.15, 0.2) is 5.65 Å². The molecule has 96 valence electrons. The summed E-state index contributed by atoms with van der Waals surface area (Å²) in [6, 6.07) is 2.33. The van der Waals surface area contributed by atoms with Crippen molar-refractivity contribution in [2.45, 2.75) is 18.9 Å². The third-order valence-corrected chi connectivity index (χ3v) is 3.34. The van der Waals surface area contributed by atoms with Crippen LogP contribution in [0.5, 0.6) is 0 Å². The fourth-order valence-electron chi connectivity index (χ4n) is 2.35. The van der Waals surface area contributed by atoms with Crippen LogP contribution in [0.15, 0.2) is 17.2 Å². The van der Waals surface area contributed by atoms with Crippen LogP contribution >= 0.6 is 0 Å². The molecule has 2 aromatic rings. The molecule has 1 atom stereocenters. The van der Waals surface area contributed by atoms with Gasteiger partial charge in [-0.05, 0) is 19.4 Å². The zero-order valence-electron chi connectivity index (χ0n) is 10.3. The third kappa shape index (κ3) is 1.97. The van der Waals surface area contributed by atoms with Crippen molar-refractivity contribution < 1.29 is 0 Å². The van der Waals surface area contributed by atoms with Crippen molar-refractivity contribution in [2.24, 2.45) is 0 Å². The Hall–Kier alpha value is -1.89. The van der Waals surface area contributed by atoms with Gasteiger partial charge in [0.1, 0.15) is 12.1 Å². The monoisotopic (exact) mass is 248 g/mol. The quantitative estimate of drug-likeness (QED) is 0.773. The molecule has 1 saturated heterocycles. The second-order valence-corrected chi connectivity index (χ2v) is 4.68. The number of hydrogen-bond acceptors (Lipinski definition) is 5. The Morgan fingerprint density at radius 2 is 2.50 bits per heavy atom. The summed E-state index contributed by atoms with van der Waals surface area (Å²) in [6.45, 7) is 2.01. The van der Waals surface area contributed by atoms with Crippen molar-refractivity contribution in [2.75, 3.05) is 25.0 Å². The van der Waals surface area contributed by atoms with E-state index in [1.54, 1.807) is 0 Å².